The fourth-order valence-corrected chi connectivity index (χ4v) is 9.51. The average Bonchev–Trinajstić information content (AvgIpc) is 3.08. The van der Waals surface area contributed by atoms with Crippen molar-refractivity contribution >= 4 is 17.7 Å². The van der Waals surface area contributed by atoms with Crippen molar-refractivity contribution in [3.63, 3.8) is 0 Å². The van der Waals surface area contributed by atoms with E-state index < -0.39 is 17.9 Å². The number of hydrogen-bond acceptors (Lipinski definition) is 4. The number of hydrogen-bond donors (Lipinski definition) is 1. The van der Waals surface area contributed by atoms with Crippen LogP contribution in [0.25, 0.3) is 0 Å². The summed E-state index contributed by atoms with van der Waals surface area (Å²) >= 11 is 0. The summed E-state index contributed by atoms with van der Waals surface area (Å²) in [5.74, 6) is 0.342. The van der Waals surface area contributed by atoms with Gasteiger partial charge in [-0.05, 0) is 90.9 Å². The number of carboxylic acid groups (broad SMARTS) is 1. The maximum Gasteiger partial charge on any atom is 0.320 e. The van der Waals surface area contributed by atoms with Gasteiger partial charge < -0.3 is 9.84 Å². The lowest BCUT2D eigenvalue weighted by atomic mass is 9.46. The second-order valence-electron chi connectivity index (χ2n) is 12.2. The number of allylic oxidation sites excluding steroid dienone is 1. The highest BCUT2D eigenvalue weighted by Gasteiger charge is 2.64. The number of esters is 1. The quantitative estimate of drug-likeness (QED) is 0.251. The molecule has 0 spiro atoms. The Labute approximate surface area is 210 Å². The van der Waals surface area contributed by atoms with Gasteiger partial charge in [0, 0.05) is 6.42 Å². The highest BCUT2D eigenvalue weighted by atomic mass is 16.5. The topological polar surface area (TPSA) is 80.7 Å². The first kappa shape index (κ1) is 26.2. The minimum atomic E-state index is -1.12. The molecule has 3 unspecified atom stereocenters. The largest absolute Gasteiger partial charge is 0.481 e. The van der Waals surface area contributed by atoms with Crippen LogP contribution in [0.3, 0.4) is 0 Å². The van der Waals surface area contributed by atoms with Crippen LogP contribution in [0, 0.1) is 52.3 Å². The Kier molecular flexibility index (Phi) is 7.37. The van der Waals surface area contributed by atoms with Crippen LogP contribution < -0.4 is 0 Å². The minimum absolute atomic E-state index is 0.0248. The number of carboxylic acids is 1. The maximum absolute atomic E-state index is 12.7. The number of carbonyl (C=O) groups excluding carboxylic acids is 2. The third-order valence-corrected chi connectivity index (χ3v) is 11.0. The van der Waals surface area contributed by atoms with E-state index in [-0.39, 0.29) is 29.1 Å². The van der Waals surface area contributed by atoms with Crippen molar-refractivity contribution in [2.45, 2.75) is 85.5 Å². The van der Waals surface area contributed by atoms with Crippen LogP contribution in [0.4, 0.5) is 0 Å². The molecule has 0 aromatic rings. The summed E-state index contributed by atoms with van der Waals surface area (Å²) in [7, 11) is 0. The van der Waals surface area contributed by atoms with Crippen LogP contribution in [0.2, 0.25) is 0 Å². The second-order valence-corrected chi connectivity index (χ2v) is 12.2. The van der Waals surface area contributed by atoms with E-state index in [0.717, 1.165) is 44.9 Å². The molecule has 194 valence electrons. The molecule has 5 nitrogen and oxygen atoms in total. The molecule has 1 N–H and O–H groups in total. The molecule has 4 aliphatic carbocycles. The van der Waals surface area contributed by atoms with Crippen molar-refractivity contribution in [1.29, 1.82) is 0 Å². The number of aliphatic carboxylic acids is 1. The van der Waals surface area contributed by atoms with Crippen molar-refractivity contribution < 1.29 is 24.2 Å². The normalized spacial score (nSPS) is 41.1. The van der Waals surface area contributed by atoms with Gasteiger partial charge in [-0.25, -0.2) is 0 Å². The molecule has 35 heavy (non-hydrogen) atoms. The molecule has 0 amide bonds. The van der Waals surface area contributed by atoms with E-state index in [9.17, 15) is 19.5 Å². The van der Waals surface area contributed by atoms with Gasteiger partial charge in [-0.1, -0.05) is 58.8 Å². The zero-order chi connectivity index (χ0) is 25.5. The number of ketones is 1. The summed E-state index contributed by atoms with van der Waals surface area (Å²) in [5, 5.41) is 9.98. The van der Waals surface area contributed by atoms with E-state index in [1.807, 2.05) is 6.08 Å². The number of carbonyl (C=O) groups is 3. The van der Waals surface area contributed by atoms with Crippen molar-refractivity contribution in [3.8, 4) is 0 Å². The van der Waals surface area contributed by atoms with Crippen molar-refractivity contribution in [2.24, 2.45) is 52.3 Å². The summed E-state index contributed by atoms with van der Waals surface area (Å²) in [4.78, 5) is 37.1. The van der Waals surface area contributed by atoms with Gasteiger partial charge in [0.1, 0.15) is 6.61 Å². The molecule has 0 heterocycles. The van der Waals surface area contributed by atoms with Crippen molar-refractivity contribution in [2.75, 3.05) is 6.61 Å². The summed E-state index contributed by atoms with van der Waals surface area (Å²) < 4.78 is 5.21. The zero-order valence-corrected chi connectivity index (χ0v) is 22.1. The van der Waals surface area contributed by atoms with Crippen molar-refractivity contribution in [3.05, 3.63) is 24.3 Å². The van der Waals surface area contributed by atoms with Gasteiger partial charge in [0.05, 0.1) is 0 Å². The average molecular weight is 485 g/mol. The van der Waals surface area contributed by atoms with Gasteiger partial charge in [0.15, 0.2) is 11.7 Å². The van der Waals surface area contributed by atoms with Crippen LogP contribution in [0.1, 0.15) is 85.5 Å². The third-order valence-electron chi connectivity index (χ3n) is 11.0. The maximum atomic E-state index is 12.7. The lowest BCUT2D eigenvalue weighted by Crippen LogP contribution is -2.51. The van der Waals surface area contributed by atoms with Crippen LogP contribution in [0.15, 0.2) is 24.3 Å². The summed E-state index contributed by atoms with van der Waals surface area (Å²) in [6.45, 7) is 13.0. The summed E-state index contributed by atoms with van der Waals surface area (Å²) in [5.41, 5.74) is 1.52. The molecule has 4 rings (SSSR count). The molecule has 0 radical (unpaired) electrons. The second kappa shape index (κ2) is 9.86. The number of fused-ring (bicyclic) bond motifs is 5. The van der Waals surface area contributed by atoms with E-state index in [1.54, 1.807) is 0 Å². The Bertz CT molecular complexity index is 904. The summed E-state index contributed by atoms with van der Waals surface area (Å²) in [6.07, 6.45) is 11.9. The highest BCUT2D eigenvalue weighted by molar-refractivity contribution is 5.94. The van der Waals surface area contributed by atoms with Gasteiger partial charge in [-0.15, -0.1) is 0 Å². The van der Waals surface area contributed by atoms with Gasteiger partial charge in [-0.2, -0.15) is 0 Å². The first-order valence-electron chi connectivity index (χ1n) is 13.9. The molecule has 4 aliphatic rings. The molecule has 9 atom stereocenters. The van der Waals surface area contributed by atoms with Crippen LogP contribution in [-0.4, -0.2) is 29.4 Å². The molecule has 0 saturated heterocycles. The Morgan fingerprint density at radius 3 is 2.51 bits per heavy atom. The van der Waals surface area contributed by atoms with Gasteiger partial charge in [0.25, 0.3) is 0 Å². The van der Waals surface area contributed by atoms with Crippen LogP contribution >= 0.6 is 0 Å². The molecule has 0 aliphatic heterocycles. The fraction of sp³-hybridized carbons (Fsp3) is 0.767. The van der Waals surface area contributed by atoms with Gasteiger partial charge in [-0.3, -0.25) is 14.4 Å². The Morgan fingerprint density at radius 1 is 1.17 bits per heavy atom. The van der Waals surface area contributed by atoms with Gasteiger partial charge in [0.2, 0.25) is 0 Å². The molecule has 5 heteroatoms. The Balaban J connectivity index is 1.67. The molecule has 0 bridgehead atoms. The van der Waals surface area contributed by atoms with Crippen LogP contribution in [0.5, 0.6) is 0 Å². The lowest BCUT2D eigenvalue weighted by molar-refractivity contribution is -0.159. The highest BCUT2D eigenvalue weighted by Crippen LogP contribution is 2.70. The van der Waals surface area contributed by atoms with E-state index in [4.69, 9.17) is 4.74 Å². The molecule has 3 saturated carbocycles. The zero-order valence-electron chi connectivity index (χ0n) is 22.1. The van der Waals surface area contributed by atoms with E-state index in [1.165, 1.54) is 11.6 Å². The standard InChI is InChI=1S/C30H44O5/c1-6-15-35-28(34)23(27(32)33)17-25-20(7-2)21(8-3)26-22-10-9-18-16-19(31)11-13-29(18,4)24(22)12-14-30(25,26)5/h6,16,20-26H,1,7-15,17H2,2-5H3,(H,32,33)/t20?,21?,22-,23?,24+,25+,26+,29+,30-/m1/s1. The predicted molar refractivity (Wildman–Crippen MR) is 135 cm³/mol. The molecular formula is C30H44O5. The van der Waals surface area contributed by atoms with E-state index in [2.05, 4.69) is 34.3 Å². The Hall–Kier alpha value is -1.91. The predicted octanol–water partition coefficient (Wildman–Crippen LogP) is 6.23. The first-order chi connectivity index (χ1) is 16.6. The fourth-order valence-electron chi connectivity index (χ4n) is 9.51. The Morgan fingerprint density at radius 2 is 1.89 bits per heavy atom. The monoisotopic (exact) mass is 484 g/mol. The molecule has 0 aromatic carbocycles. The third kappa shape index (κ3) is 4.21. The first-order valence-corrected chi connectivity index (χ1v) is 13.9. The van der Waals surface area contributed by atoms with E-state index in [0.29, 0.717) is 42.4 Å². The SMILES string of the molecule is C=CCOC(=O)C(C[C@H]1C(CC)C(CC)[C@H]2[C@@H]3CCC4=CC(=O)CC[C@]4(C)[C@H]3CC[C@]12C)C(=O)O. The lowest BCUT2D eigenvalue weighted by Gasteiger charge is -2.59. The molecule has 3 fully saturated rings. The van der Waals surface area contributed by atoms with Crippen molar-refractivity contribution in [1.82, 2.24) is 0 Å². The molecular weight excluding hydrogens is 440 g/mol. The van der Waals surface area contributed by atoms with E-state index >= 15 is 0 Å². The minimum Gasteiger partial charge on any atom is -0.481 e. The smallest absolute Gasteiger partial charge is 0.320 e. The number of ether oxygens (including phenoxy) is 1. The molecule has 0 aromatic heterocycles. The van der Waals surface area contributed by atoms with Crippen LogP contribution in [-0.2, 0) is 19.1 Å². The summed E-state index contributed by atoms with van der Waals surface area (Å²) in [6, 6.07) is 0. The van der Waals surface area contributed by atoms with Gasteiger partial charge >= 0.3 is 11.9 Å². The number of rotatable bonds is 8.